The molecule has 2 unspecified atom stereocenters. The highest BCUT2D eigenvalue weighted by Gasteiger charge is 2.41. The third-order valence-corrected chi connectivity index (χ3v) is 5.72. The third-order valence-electron chi connectivity index (χ3n) is 5.72. The van der Waals surface area contributed by atoms with Crippen LogP contribution in [0.1, 0.15) is 71.1 Å². The first-order chi connectivity index (χ1) is 9.57. The third kappa shape index (κ3) is 3.55. The second-order valence-electron chi connectivity index (χ2n) is 7.67. The fourth-order valence-corrected chi connectivity index (χ4v) is 4.38. The summed E-state index contributed by atoms with van der Waals surface area (Å²) in [4.78, 5) is 2.52. The van der Waals surface area contributed by atoms with Crippen LogP contribution in [0.3, 0.4) is 0 Å². The molecule has 0 aromatic rings. The van der Waals surface area contributed by atoms with Crippen LogP contribution in [0.25, 0.3) is 0 Å². The maximum Gasteiger partial charge on any atom is 0.0710 e. The van der Waals surface area contributed by atoms with Crippen LogP contribution >= 0.6 is 0 Å². The number of aliphatic hydroxyl groups is 1. The van der Waals surface area contributed by atoms with Gasteiger partial charge in [0.05, 0.1) is 17.3 Å². The summed E-state index contributed by atoms with van der Waals surface area (Å²) in [6.07, 6.45) is 12.6. The molecule has 116 valence electrons. The maximum atomic E-state index is 10.2. The van der Waals surface area contributed by atoms with Gasteiger partial charge < -0.3 is 14.7 Å². The van der Waals surface area contributed by atoms with Gasteiger partial charge in [-0.05, 0) is 58.4 Å². The Kier molecular flexibility index (Phi) is 4.40. The van der Waals surface area contributed by atoms with Crippen LogP contribution in [0.15, 0.2) is 0 Å². The molecular weight excluding hydrogens is 250 g/mol. The summed E-state index contributed by atoms with van der Waals surface area (Å²) in [7, 11) is 0. The largest absolute Gasteiger partial charge is 0.390 e. The van der Waals surface area contributed by atoms with Crippen molar-refractivity contribution in [2.24, 2.45) is 0 Å². The number of ether oxygens (including phenoxy) is 1. The minimum atomic E-state index is -0.449. The lowest BCUT2D eigenvalue weighted by Gasteiger charge is -2.34. The number of rotatable bonds is 2. The number of hydrogen-bond donors (Lipinski definition) is 1. The maximum absolute atomic E-state index is 10.2. The number of hydrogen-bond acceptors (Lipinski definition) is 3. The zero-order valence-corrected chi connectivity index (χ0v) is 13.1. The summed E-state index contributed by atoms with van der Waals surface area (Å²) < 4.78 is 6.48. The van der Waals surface area contributed by atoms with Gasteiger partial charge in [-0.1, -0.05) is 19.3 Å². The molecule has 1 aliphatic carbocycles. The molecule has 3 heteroatoms. The van der Waals surface area contributed by atoms with E-state index in [0.29, 0.717) is 6.10 Å². The number of nitrogens with zero attached hydrogens (tertiary/aromatic N) is 1. The van der Waals surface area contributed by atoms with Crippen LogP contribution < -0.4 is 0 Å². The molecule has 1 spiro atoms. The highest BCUT2D eigenvalue weighted by Crippen LogP contribution is 2.42. The van der Waals surface area contributed by atoms with Crippen LogP contribution in [-0.4, -0.2) is 46.9 Å². The van der Waals surface area contributed by atoms with Gasteiger partial charge in [0, 0.05) is 13.1 Å². The summed E-state index contributed by atoms with van der Waals surface area (Å²) in [6, 6.07) is 0. The molecule has 0 amide bonds. The first kappa shape index (κ1) is 14.8. The lowest BCUT2D eigenvalue weighted by Crippen LogP contribution is -2.37. The molecule has 2 saturated heterocycles. The van der Waals surface area contributed by atoms with E-state index in [-0.39, 0.29) is 5.60 Å². The van der Waals surface area contributed by atoms with Gasteiger partial charge >= 0.3 is 0 Å². The summed E-state index contributed by atoms with van der Waals surface area (Å²) >= 11 is 0. The van der Waals surface area contributed by atoms with Crippen LogP contribution in [-0.2, 0) is 4.74 Å². The fraction of sp³-hybridized carbons (Fsp3) is 1.00. The van der Waals surface area contributed by atoms with Crippen molar-refractivity contribution < 1.29 is 9.84 Å². The van der Waals surface area contributed by atoms with E-state index in [1.165, 1.54) is 44.9 Å². The first-order valence-corrected chi connectivity index (χ1v) is 8.70. The van der Waals surface area contributed by atoms with Gasteiger partial charge in [-0.15, -0.1) is 0 Å². The second kappa shape index (κ2) is 5.94. The molecule has 3 fully saturated rings. The van der Waals surface area contributed by atoms with Crippen LogP contribution in [0, 0.1) is 0 Å². The minimum Gasteiger partial charge on any atom is -0.390 e. The molecule has 0 aromatic heterocycles. The molecule has 1 saturated carbocycles. The van der Waals surface area contributed by atoms with Crippen LogP contribution in [0.5, 0.6) is 0 Å². The summed E-state index contributed by atoms with van der Waals surface area (Å²) in [6.45, 7) is 5.22. The van der Waals surface area contributed by atoms with E-state index >= 15 is 0 Å². The molecule has 3 rings (SSSR count). The van der Waals surface area contributed by atoms with Gasteiger partial charge in [0.2, 0.25) is 0 Å². The van der Waals surface area contributed by atoms with Gasteiger partial charge in [0.15, 0.2) is 0 Å². The van der Waals surface area contributed by atoms with E-state index in [4.69, 9.17) is 4.74 Å². The lowest BCUT2D eigenvalue weighted by molar-refractivity contribution is -0.0720. The van der Waals surface area contributed by atoms with E-state index in [0.717, 1.165) is 38.9 Å². The van der Waals surface area contributed by atoms with Gasteiger partial charge in [-0.25, -0.2) is 0 Å². The topological polar surface area (TPSA) is 32.7 Å². The monoisotopic (exact) mass is 281 g/mol. The quantitative estimate of drug-likeness (QED) is 0.844. The van der Waals surface area contributed by atoms with E-state index < -0.39 is 5.60 Å². The van der Waals surface area contributed by atoms with Crippen molar-refractivity contribution in [3.63, 3.8) is 0 Å². The van der Waals surface area contributed by atoms with Gasteiger partial charge in [-0.3, -0.25) is 0 Å². The Bertz CT molecular complexity index is 323. The standard InChI is InChI=1S/C17H31NO2/c1-16(19)7-5-12-18(13-11-16)14-15-6-10-17(20-15)8-3-2-4-9-17/h15,19H,2-14H2,1H3. The SMILES string of the molecule is CC1(O)CCCN(CC2CCC3(CCCCC3)O2)CC1. The fourth-order valence-electron chi connectivity index (χ4n) is 4.38. The zero-order chi connectivity index (χ0) is 14.1. The predicted molar refractivity (Wildman–Crippen MR) is 80.8 cm³/mol. The Morgan fingerprint density at radius 1 is 1.00 bits per heavy atom. The lowest BCUT2D eigenvalue weighted by atomic mass is 9.83. The van der Waals surface area contributed by atoms with E-state index in [9.17, 15) is 5.11 Å². The highest BCUT2D eigenvalue weighted by atomic mass is 16.5. The molecule has 2 aliphatic heterocycles. The Morgan fingerprint density at radius 3 is 2.60 bits per heavy atom. The van der Waals surface area contributed by atoms with Crippen LogP contribution in [0.4, 0.5) is 0 Å². The Morgan fingerprint density at radius 2 is 1.80 bits per heavy atom. The molecule has 1 N–H and O–H groups in total. The van der Waals surface area contributed by atoms with Crippen molar-refractivity contribution in [1.82, 2.24) is 4.90 Å². The summed E-state index contributed by atoms with van der Waals surface area (Å²) in [5.41, 5.74) is -0.198. The molecule has 0 radical (unpaired) electrons. The molecule has 0 aromatic carbocycles. The zero-order valence-electron chi connectivity index (χ0n) is 13.1. The molecule has 2 heterocycles. The van der Waals surface area contributed by atoms with Gasteiger partial charge in [0.25, 0.3) is 0 Å². The van der Waals surface area contributed by atoms with Gasteiger partial charge in [0.1, 0.15) is 0 Å². The van der Waals surface area contributed by atoms with Crippen molar-refractivity contribution in [3.8, 4) is 0 Å². The first-order valence-electron chi connectivity index (χ1n) is 8.70. The number of likely N-dealkylation sites (tertiary alicyclic amines) is 1. The van der Waals surface area contributed by atoms with E-state index in [2.05, 4.69) is 4.90 Å². The summed E-state index contributed by atoms with van der Waals surface area (Å²) in [5.74, 6) is 0. The normalized spacial score (nSPS) is 39.0. The van der Waals surface area contributed by atoms with E-state index in [1.54, 1.807) is 0 Å². The second-order valence-corrected chi connectivity index (χ2v) is 7.67. The molecule has 3 aliphatic rings. The Labute approximate surface area is 123 Å². The smallest absolute Gasteiger partial charge is 0.0710 e. The molecular formula is C17H31NO2. The van der Waals surface area contributed by atoms with Crippen molar-refractivity contribution >= 4 is 0 Å². The van der Waals surface area contributed by atoms with Crippen molar-refractivity contribution in [1.29, 1.82) is 0 Å². The van der Waals surface area contributed by atoms with Crippen molar-refractivity contribution in [2.45, 2.75) is 88.4 Å². The Balaban J connectivity index is 1.49. The highest BCUT2D eigenvalue weighted by molar-refractivity contribution is 4.92. The average Bonchev–Trinajstić information content (AvgIpc) is 2.70. The van der Waals surface area contributed by atoms with Crippen molar-refractivity contribution in [2.75, 3.05) is 19.6 Å². The van der Waals surface area contributed by atoms with Crippen LogP contribution in [0.2, 0.25) is 0 Å². The average molecular weight is 281 g/mol. The predicted octanol–water partition coefficient (Wildman–Crippen LogP) is 3.11. The van der Waals surface area contributed by atoms with E-state index in [1.807, 2.05) is 6.92 Å². The molecule has 2 atom stereocenters. The summed E-state index contributed by atoms with van der Waals surface area (Å²) in [5, 5.41) is 10.2. The van der Waals surface area contributed by atoms with Gasteiger partial charge in [-0.2, -0.15) is 0 Å². The molecule has 3 nitrogen and oxygen atoms in total. The Hall–Kier alpha value is -0.120. The molecule has 20 heavy (non-hydrogen) atoms. The molecule has 0 bridgehead atoms. The minimum absolute atomic E-state index is 0.250. The van der Waals surface area contributed by atoms with Crippen molar-refractivity contribution in [3.05, 3.63) is 0 Å².